The standard InChI is InChI=1S/C15H16N2O/c1-12(2)15(18)17-11-7-5-9-14(17)16-10-6-4-8-13(16)3/h4-11H,1H2,2-3H3/q+2. The first kappa shape index (κ1) is 12.2. The van der Waals surface area contributed by atoms with Crippen molar-refractivity contribution in [1.82, 2.24) is 0 Å². The molecule has 0 aromatic carbocycles. The summed E-state index contributed by atoms with van der Waals surface area (Å²) in [5, 5.41) is 0. The van der Waals surface area contributed by atoms with E-state index < -0.39 is 0 Å². The third-order valence-corrected chi connectivity index (χ3v) is 2.73. The van der Waals surface area contributed by atoms with Crippen LogP contribution in [0.25, 0.3) is 5.82 Å². The van der Waals surface area contributed by atoms with Crippen molar-refractivity contribution in [2.45, 2.75) is 13.8 Å². The van der Waals surface area contributed by atoms with Crippen LogP contribution in [0, 0.1) is 6.92 Å². The van der Waals surface area contributed by atoms with Gasteiger partial charge in [-0.2, -0.15) is 0 Å². The van der Waals surface area contributed by atoms with E-state index >= 15 is 0 Å². The molecule has 0 amide bonds. The van der Waals surface area contributed by atoms with Gasteiger partial charge >= 0.3 is 11.7 Å². The van der Waals surface area contributed by atoms with Crippen molar-refractivity contribution in [2.24, 2.45) is 0 Å². The molecule has 0 N–H and O–H groups in total. The second-order valence-electron chi connectivity index (χ2n) is 4.23. The average Bonchev–Trinajstić information content (AvgIpc) is 2.38. The number of hydrogen-bond donors (Lipinski definition) is 0. The summed E-state index contributed by atoms with van der Waals surface area (Å²) in [6.45, 7) is 7.43. The van der Waals surface area contributed by atoms with Gasteiger partial charge in [0.1, 0.15) is 0 Å². The lowest BCUT2D eigenvalue weighted by atomic mass is 10.3. The van der Waals surface area contributed by atoms with E-state index in [1.54, 1.807) is 17.7 Å². The fraction of sp³-hybridized carbons (Fsp3) is 0.133. The number of pyridine rings is 2. The zero-order valence-electron chi connectivity index (χ0n) is 10.6. The Morgan fingerprint density at radius 1 is 1.11 bits per heavy atom. The van der Waals surface area contributed by atoms with Gasteiger partial charge in [-0.25, -0.2) is 4.79 Å². The van der Waals surface area contributed by atoms with E-state index in [2.05, 4.69) is 6.58 Å². The summed E-state index contributed by atoms with van der Waals surface area (Å²) in [5.74, 6) is 0.713. The van der Waals surface area contributed by atoms with Gasteiger partial charge in [-0.1, -0.05) is 17.2 Å². The number of nitrogens with zero attached hydrogens (tertiary/aromatic N) is 2. The molecule has 2 aromatic rings. The van der Waals surface area contributed by atoms with E-state index in [0.29, 0.717) is 5.57 Å². The second kappa shape index (κ2) is 4.92. The molecule has 0 saturated heterocycles. The van der Waals surface area contributed by atoms with Crippen LogP contribution in [0.15, 0.2) is 60.9 Å². The third kappa shape index (κ3) is 2.20. The number of carbonyl (C=O) groups is 1. The predicted octanol–water partition coefficient (Wildman–Crippen LogP) is 1.78. The fourth-order valence-corrected chi connectivity index (χ4v) is 1.79. The molecule has 3 heteroatoms. The van der Waals surface area contributed by atoms with Gasteiger partial charge in [-0.15, -0.1) is 4.57 Å². The molecule has 0 bridgehead atoms. The Kier molecular flexibility index (Phi) is 3.33. The van der Waals surface area contributed by atoms with Gasteiger partial charge in [0.25, 0.3) is 0 Å². The molecule has 18 heavy (non-hydrogen) atoms. The minimum Gasteiger partial charge on any atom is -0.214 e. The van der Waals surface area contributed by atoms with Gasteiger partial charge in [0, 0.05) is 25.1 Å². The molecule has 0 spiro atoms. The zero-order chi connectivity index (χ0) is 13.1. The molecule has 90 valence electrons. The summed E-state index contributed by atoms with van der Waals surface area (Å²) in [6, 6.07) is 11.6. The number of carbonyl (C=O) groups excluding carboxylic acids is 1. The lowest BCUT2D eigenvalue weighted by Gasteiger charge is -1.98. The first-order valence-electron chi connectivity index (χ1n) is 5.80. The number of allylic oxidation sites excluding steroid dienone is 1. The lowest BCUT2D eigenvalue weighted by Crippen LogP contribution is -2.54. The summed E-state index contributed by atoms with van der Waals surface area (Å²) < 4.78 is 3.58. The molecule has 2 heterocycles. The quantitative estimate of drug-likeness (QED) is 0.580. The van der Waals surface area contributed by atoms with Crippen LogP contribution in [0.5, 0.6) is 0 Å². The monoisotopic (exact) mass is 240 g/mol. The first-order chi connectivity index (χ1) is 8.61. The van der Waals surface area contributed by atoms with Crippen LogP contribution in [-0.4, -0.2) is 5.91 Å². The summed E-state index contributed by atoms with van der Waals surface area (Å²) >= 11 is 0. The highest BCUT2D eigenvalue weighted by atomic mass is 16.2. The number of rotatable bonds is 2. The van der Waals surface area contributed by atoms with Crippen molar-refractivity contribution < 1.29 is 13.9 Å². The van der Waals surface area contributed by atoms with Crippen molar-refractivity contribution in [3.05, 3.63) is 66.6 Å². The molecule has 0 aliphatic heterocycles. The summed E-state index contributed by atoms with van der Waals surface area (Å²) in [4.78, 5) is 12.1. The predicted molar refractivity (Wildman–Crippen MR) is 68.3 cm³/mol. The van der Waals surface area contributed by atoms with Crippen LogP contribution in [-0.2, 0) is 0 Å². The Hall–Kier alpha value is -2.29. The second-order valence-corrected chi connectivity index (χ2v) is 4.23. The molecule has 0 aliphatic rings. The normalized spacial score (nSPS) is 10.1. The number of aromatic nitrogens is 2. The smallest absolute Gasteiger partial charge is 0.214 e. The minimum atomic E-state index is -0.0960. The number of aryl methyl sites for hydroxylation is 1. The van der Waals surface area contributed by atoms with Gasteiger partial charge in [-0.3, -0.25) is 0 Å². The molecular weight excluding hydrogens is 224 g/mol. The van der Waals surface area contributed by atoms with Crippen molar-refractivity contribution in [3.8, 4) is 5.82 Å². The van der Waals surface area contributed by atoms with Crippen LogP contribution in [0.4, 0.5) is 0 Å². The van der Waals surface area contributed by atoms with Crippen LogP contribution in [0.3, 0.4) is 0 Å². The van der Waals surface area contributed by atoms with Gasteiger partial charge in [-0.05, 0) is 13.0 Å². The maximum absolute atomic E-state index is 12.1. The fourth-order valence-electron chi connectivity index (χ4n) is 1.79. The topological polar surface area (TPSA) is 24.8 Å². The van der Waals surface area contributed by atoms with Crippen molar-refractivity contribution in [1.29, 1.82) is 0 Å². The molecule has 0 fully saturated rings. The Bertz CT molecular complexity index is 617. The average molecular weight is 240 g/mol. The van der Waals surface area contributed by atoms with Gasteiger partial charge in [0.2, 0.25) is 0 Å². The van der Waals surface area contributed by atoms with E-state index in [4.69, 9.17) is 0 Å². The summed E-state index contributed by atoms with van der Waals surface area (Å²) in [7, 11) is 0. The maximum atomic E-state index is 12.1. The highest BCUT2D eigenvalue weighted by Gasteiger charge is 2.27. The van der Waals surface area contributed by atoms with Gasteiger partial charge in [0.15, 0.2) is 18.1 Å². The molecule has 2 rings (SSSR count). The molecule has 0 radical (unpaired) electrons. The first-order valence-corrected chi connectivity index (χ1v) is 5.80. The van der Waals surface area contributed by atoms with E-state index in [-0.39, 0.29) is 5.91 Å². The van der Waals surface area contributed by atoms with E-state index in [1.165, 1.54) is 0 Å². The van der Waals surface area contributed by atoms with Crippen molar-refractivity contribution >= 4 is 5.91 Å². The Morgan fingerprint density at radius 2 is 1.78 bits per heavy atom. The molecule has 0 saturated carbocycles. The minimum absolute atomic E-state index is 0.0960. The van der Waals surface area contributed by atoms with Gasteiger partial charge < -0.3 is 0 Å². The van der Waals surface area contributed by atoms with E-state index in [9.17, 15) is 4.79 Å². The summed E-state index contributed by atoms with van der Waals surface area (Å²) in [6.07, 6.45) is 3.69. The third-order valence-electron chi connectivity index (χ3n) is 2.73. The van der Waals surface area contributed by atoms with Crippen molar-refractivity contribution in [2.75, 3.05) is 0 Å². The molecule has 0 atom stereocenters. The van der Waals surface area contributed by atoms with Gasteiger partial charge in [0.05, 0.1) is 11.6 Å². The van der Waals surface area contributed by atoms with Crippen LogP contribution < -0.4 is 9.13 Å². The largest absolute Gasteiger partial charge is 0.457 e. The Labute approximate surface area is 107 Å². The van der Waals surface area contributed by atoms with Crippen LogP contribution in [0.2, 0.25) is 0 Å². The lowest BCUT2D eigenvalue weighted by molar-refractivity contribution is -0.731. The molecular formula is C15H16N2O+2. The highest BCUT2D eigenvalue weighted by molar-refractivity contribution is 5.85. The van der Waals surface area contributed by atoms with E-state index in [1.807, 2.05) is 54.1 Å². The Morgan fingerprint density at radius 3 is 2.44 bits per heavy atom. The maximum Gasteiger partial charge on any atom is 0.457 e. The van der Waals surface area contributed by atoms with Crippen LogP contribution in [0.1, 0.15) is 17.4 Å². The van der Waals surface area contributed by atoms with Crippen molar-refractivity contribution in [3.63, 3.8) is 0 Å². The molecule has 0 unspecified atom stereocenters. The van der Waals surface area contributed by atoms with Crippen LogP contribution >= 0.6 is 0 Å². The highest BCUT2D eigenvalue weighted by Crippen LogP contribution is 1.97. The molecule has 2 aromatic heterocycles. The SMILES string of the molecule is C=C(C)C(=O)[n+]1ccccc1-[n+]1ccccc1C. The zero-order valence-corrected chi connectivity index (χ0v) is 10.6. The molecule has 3 nitrogen and oxygen atoms in total. The molecule has 0 aliphatic carbocycles. The number of hydrogen-bond acceptors (Lipinski definition) is 1. The summed E-state index contributed by atoms with van der Waals surface area (Å²) in [5.41, 5.74) is 1.58. The van der Waals surface area contributed by atoms with E-state index in [0.717, 1.165) is 11.5 Å². The Balaban J connectivity index is 2.63.